The van der Waals surface area contributed by atoms with Crippen molar-refractivity contribution >= 4 is 11.5 Å². The van der Waals surface area contributed by atoms with Gasteiger partial charge in [-0.25, -0.2) is 9.37 Å². The van der Waals surface area contributed by atoms with Crippen molar-refractivity contribution in [3.05, 3.63) is 59.2 Å². The van der Waals surface area contributed by atoms with E-state index in [0.29, 0.717) is 35.2 Å². The molecule has 0 spiro atoms. The van der Waals surface area contributed by atoms with Gasteiger partial charge in [-0.2, -0.15) is 36.0 Å². The topological polar surface area (TPSA) is 65.7 Å². The summed E-state index contributed by atoms with van der Waals surface area (Å²) in [5, 5.41) is 16.4. The number of benzene rings is 1. The maximum atomic E-state index is 13.5. The number of hydrogen-bond acceptors (Lipinski definition) is 5. The third kappa shape index (κ3) is 4.54. The number of nitrogens with one attached hydrogen (secondary N) is 1. The fraction of sp³-hybridized carbons (Fsp3) is 0.455. The minimum absolute atomic E-state index is 0.00255. The highest BCUT2D eigenvalue weighted by Crippen LogP contribution is 2.42. The fourth-order valence-electron chi connectivity index (χ4n) is 5.04. The lowest BCUT2D eigenvalue weighted by atomic mass is 10.00. The largest absolute Gasteiger partial charge is 0.435 e. The summed E-state index contributed by atoms with van der Waals surface area (Å²) in [6.07, 6.45) is -8.90. The minimum atomic E-state index is -4.89. The van der Waals surface area contributed by atoms with Crippen molar-refractivity contribution in [3.8, 4) is 0 Å². The number of aliphatic hydroxyl groups is 1. The lowest BCUT2D eigenvalue weighted by molar-refractivity contribution is -0.142. The first-order chi connectivity index (χ1) is 16.4. The second-order valence-corrected chi connectivity index (χ2v) is 8.92. The molecule has 3 heterocycles. The van der Waals surface area contributed by atoms with Gasteiger partial charge in [0.05, 0.1) is 12.1 Å². The Hall–Kier alpha value is -2.93. The highest BCUT2D eigenvalue weighted by atomic mass is 19.4. The van der Waals surface area contributed by atoms with E-state index >= 15 is 0 Å². The van der Waals surface area contributed by atoms with Gasteiger partial charge in [-0.3, -0.25) is 4.90 Å². The molecular formula is C22H20F7N5O. The standard InChI is InChI=1S/C22H20F7N5O/c23-13-3-1-11(2-4-13)15(33-10-12-5-14(33)6-16(12)35)9-30-19-7-17(21(24,25)26)31-20-8-18(22(27,28)29)32-34(19)20/h1-4,7-8,12,14-16,30,35H,5-6,9-10H2/t12-,14-,15+,16?/m1/s1. The van der Waals surface area contributed by atoms with Crippen LogP contribution in [0.15, 0.2) is 36.4 Å². The highest BCUT2D eigenvalue weighted by molar-refractivity contribution is 5.51. The van der Waals surface area contributed by atoms with Gasteiger partial charge in [0.2, 0.25) is 0 Å². The molecule has 6 nitrogen and oxygen atoms in total. The summed E-state index contributed by atoms with van der Waals surface area (Å²) >= 11 is 0. The number of fused-ring (bicyclic) bond motifs is 3. The normalized spacial score (nSPS) is 23.8. The second-order valence-electron chi connectivity index (χ2n) is 8.92. The Morgan fingerprint density at radius 2 is 1.69 bits per heavy atom. The minimum Gasteiger partial charge on any atom is -0.393 e. The molecule has 2 aliphatic rings. The number of rotatable bonds is 5. The molecule has 0 amide bonds. The van der Waals surface area contributed by atoms with Crippen LogP contribution in [0.3, 0.4) is 0 Å². The quantitative estimate of drug-likeness (QED) is 0.502. The Balaban J connectivity index is 1.50. The molecule has 188 valence electrons. The van der Waals surface area contributed by atoms with Gasteiger partial charge in [0.15, 0.2) is 17.0 Å². The van der Waals surface area contributed by atoms with Gasteiger partial charge in [-0.15, -0.1) is 0 Å². The van der Waals surface area contributed by atoms with E-state index in [9.17, 15) is 35.8 Å². The van der Waals surface area contributed by atoms with Crippen LogP contribution in [0, 0.1) is 11.7 Å². The zero-order valence-corrected chi connectivity index (χ0v) is 18.0. The Labute approximate surface area is 194 Å². The fourth-order valence-corrected chi connectivity index (χ4v) is 5.04. The van der Waals surface area contributed by atoms with Gasteiger partial charge in [-0.05, 0) is 36.5 Å². The SMILES string of the molecule is OC1C[C@H]2C[C@@H]1CN2[C@@H](CNc1cc(C(F)(F)F)nc2cc(C(F)(F)F)nn12)c1ccc(F)cc1. The van der Waals surface area contributed by atoms with Gasteiger partial charge >= 0.3 is 12.4 Å². The van der Waals surface area contributed by atoms with Crippen molar-refractivity contribution in [1.29, 1.82) is 0 Å². The maximum absolute atomic E-state index is 13.5. The van der Waals surface area contributed by atoms with E-state index in [0.717, 1.165) is 6.42 Å². The van der Waals surface area contributed by atoms with Gasteiger partial charge in [0.1, 0.15) is 11.6 Å². The van der Waals surface area contributed by atoms with Gasteiger partial charge in [0.25, 0.3) is 0 Å². The molecule has 2 fully saturated rings. The molecule has 5 rings (SSSR count). The van der Waals surface area contributed by atoms with Crippen LogP contribution in [-0.2, 0) is 12.4 Å². The lowest BCUT2D eigenvalue weighted by Gasteiger charge is -2.37. The highest BCUT2D eigenvalue weighted by Gasteiger charge is 2.46. The van der Waals surface area contributed by atoms with Crippen molar-refractivity contribution in [2.24, 2.45) is 5.92 Å². The van der Waals surface area contributed by atoms with Crippen LogP contribution in [0.5, 0.6) is 0 Å². The zero-order valence-electron chi connectivity index (χ0n) is 18.0. The van der Waals surface area contributed by atoms with Crippen LogP contribution in [0.2, 0.25) is 0 Å². The maximum Gasteiger partial charge on any atom is 0.435 e. The Morgan fingerprint density at radius 3 is 2.26 bits per heavy atom. The first kappa shape index (κ1) is 23.8. The molecule has 35 heavy (non-hydrogen) atoms. The summed E-state index contributed by atoms with van der Waals surface area (Å²) in [5.74, 6) is -0.720. The van der Waals surface area contributed by atoms with E-state index in [4.69, 9.17) is 0 Å². The number of piperidine rings is 1. The third-order valence-corrected chi connectivity index (χ3v) is 6.69. The number of aliphatic hydroxyl groups excluding tert-OH is 1. The molecule has 1 unspecified atom stereocenters. The van der Waals surface area contributed by atoms with Gasteiger partial charge in [-0.1, -0.05) is 12.1 Å². The molecule has 2 aromatic heterocycles. The summed E-state index contributed by atoms with van der Waals surface area (Å²) in [7, 11) is 0. The number of nitrogens with zero attached hydrogens (tertiary/aromatic N) is 4. The van der Waals surface area contributed by atoms with Crippen molar-refractivity contribution < 1.29 is 35.8 Å². The summed E-state index contributed by atoms with van der Waals surface area (Å²) in [4.78, 5) is 5.40. The number of alkyl halides is 6. The van der Waals surface area contributed by atoms with E-state index in [1.165, 1.54) is 12.1 Å². The van der Waals surface area contributed by atoms with Crippen LogP contribution in [0.1, 0.15) is 35.8 Å². The van der Waals surface area contributed by atoms with Crippen molar-refractivity contribution in [2.45, 2.75) is 43.4 Å². The molecule has 4 atom stereocenters. The number of likely N-dealkylation sites (tertiary alicyclic amines) is 1. The zero-order chi connectivity index (χ0) is 25.1. The summed E-state index contributed by atoms with van der Waals surface area (Å²) in [5.41, 5.74) is -2.65. The third-order valence-electron chi connectivity index (χ3n) is 6.69. The number of aromatic nitrogens is 3. The molecule has 0 radical (unpaired) electrons. The van der Waals surface area contributed by atoms with E-state index in [-0.39, 0.29) is 24.3 Å². The summed E-state index contributed by atoms with van der Waals surface area (Å²) in [6, 6.07) is 6.30. The summed E-state index contributed by atoms with van der Waals surface area (Å²) in [6.45, 7) is 0.539. The van der Waals surface area contributed by atoms with Crippen LogP contribution in [0.4, 0.5) is 36.6 Å². The van der Waals surface area contributed by atoms with Crippen molar-refractivity contribution in [2.75, 3.05) is 18.4 Å². The van der Waals surface area contributed by atoms with E-state index in [1.807, 2.05) is 0 Å². The molecule has 1 aromatic carbocycles. The van der Waals surface area contributed by atoms with Crippen LogP contribution < -0.4 is 5.32 Å². The predicted octanol–water partition coefficient (Wildman–Crippen LogP) is 4.51. The molecule has 2 bridgehead atoms. The van der Waals surface area contributed by atoms with Crippen LogP contribution in [0.25, 0.3) is 5.65 Å². The number of hydrogen-bond donors (Lipinski definition) is 2. The summed E-state index contributed by atoms with van der Waals surface area (Å²) < 4.78 is 94.0. The molecule has 3 aromatic rings. The lowest BCUT2D eigenvalue weighted by Crippen LogP contribution is -2.42. The van der Waals surface area contributed by atoms with E-state index in [2.05, 4.69) is 20.3 Å². The Morgan fingerprint density at radius 1 is 1.00 bits per heavy atom. The average Bonchev–Trinajstić information content (AvgIpc) is 3.47. The number of anilines is 1. The Kier molecular flexibility index (Phi) is 5.66. The molecule has 13 heteroatoms. The van der Waals surface area contributed by atoms with E-state index < -0.39 is 47.4 Å². The smallest absolute Gasteiger partial charge is 0.393 e. The molecule has 1 saturated heterocycles. The van der Waals surface area contributed by atoms with Gasteiger partial charge < -0.3 is 10.4 Å². The van der Waals surface area contributed by atoms with Crippen molar-refractivity contribution in [1.82, 2.24) is 19.5 Å². The predicted molar refractivity (Wildman–Crippen MR) is 110 cm³/mol. The van der Waals surface area contributed by atoms with Crippen LogP contribution in [-0.4, -0.2) is 49.8 Å². The molecule has 1 aliphatic carbocycles. The second kappa shape index (κ2) is 8.33. The molecule has 2 N–H and O–H groups in total. The molecule has 1 saturated carbocycles. The first-order valence-corrected chi connectivity index (χ1v) is 10.9. The monoisotopic (exact) mass is 503 g/mol. The molecule has 1 aliphatic heterocycles. The van der Waals surface area contributed by atoms with Crippen molar-refractivity contribution in [3.63, 3.8) is 0 Å². The van der Waals surface area contributed by atoms with Crippen LogP contribution >= 0.6 is 0 Å². The average molecular weight is 503 g/mol. The first-order valence-electron chi connectivity index (χ1n) is 10.9. The molecular weight excluding hydrogens is 483 g/mol. The Bertz CT molecular complexity index is 1220. The number of halogens is 7. The van der Waals surface area contributed by atoms with E-state index in [1.54, 1.807) is 12.1 Å². The van der Waals surface area contributed by atoms with Gasteiger partial charge in [0, 0.05) is 31.3 Å².